The highest BCUT2D eigenvalue weighted by Gasteiger charge is 2.15. The van der Waals surface area contributed by atoms with E-state index in [1.165, 1.54) is 0 Å². The third kappa shape index (κ3) is 3.97. The van der Waals surface area contributed by atoms with Gasteiger partial charge in [0.1, 0.15) is 0 Å². The number of hydrogen-bond acceptors (Lipinski definition) is 4. The van der Waals surface area contributed by atoms with E-state index in [4.69, 9.17) is 5.11 Å². The normalized spacial score (nSPS) is 16.7. The average Bonchev–Trinajstić information content (AvgIpc) is 2.18. The van der Waals surface area contributed by atoms with Crippen molar-refractivity contribution < 1.29 is 14.7 Å². The third-order valence-electron chi connectivity index (χ3n) is 1.92. The molecular formula is C8H14N2O3S. The maximum Gasteiger partial charge on any atom is 0.313 e. The lowest BCUT2D eigenvalue weighted by molar-refractivity contribution is -0.133. The van der Waals surface area contributed by atoms with Crippen molar-refractivity contribution in [1.29, 1.82) is 0 Å². The summed E-state index contributed by atoms with van der Waals surface area (Å²) in [6.07, 6.45) is 0. The molecular weight excluding hydrogens is 204 g/mol. The van der Waals surface area contributed by atoms with Gasteiger partial charge in [-0.15, -0.1) is 11.8 Å². The molecule has 1 heterocycles. The molecule has 0 atom stereocenters. The summed E-state index contributed by atoms with van der Waals surface area (Å²) in [5.74, 6) is -0.565. The van der Waals surface area contributed by atoms with Gasteiger partial charge in [0.05, 0.1) is 11.5 Å². The van der Waals surface area contributed by atoms with Crippen molar-refractivity contribution in [2.75, 3.05) is 37.7 Å². The third-order valence-corrected chi connectivity index (χ3v) is 2.82. The van der Waals surface area contributed by atoms with Gasteiger partial charge in [-0.25, -0.2) is 0 Å². The molecule has 0 aromatic rings. The number of rotatable bonds is 4. The second-order valence-electron chi connectivity index (χ2n) is 3.02. The number of piperazine rings is 1. The van der Waals surface area contributed by atoms with Gasteiger partial charge in [-0.3, -0.25) is 9.59 Å². The van der Waals surface area contributed by atoms with Crippen molar-refractivity contribution in [1.82, 2.24) is 10.2 Å². The molecule has 2 N–H and O–H groups in total. The first-order valence-electron chi connectivity index (χ1n) is 4.48. The van der Waals surface area contributed by atoms with Crippen molar-refractivity contribution in [2.45, 2.75) is 0 Å². The Morgan fingerprint density at radius 1 is 1.29 bits per heavy atom. The van der Waals surface area contributed by atoms with Crippen LogP contribution in [-0.2, 0) is 9.59 Å². The number of amides is 1. The highest BCUT2D eigenvalue weighted by atomic mass is 32.2. The van der Waals surface area contributed by atoms with Gasteiger partial charge >= 0.3 is 5.97 Å². The fourth-order valence-electron chi connectivity index (χ4n) is 1.23. The fraction of sp³-hybridized carbons (Fsp3) is 0.750. The Morgan fingerprint density at radius 3 is 2.50 bits per heavy atom. The maximum atomic E-state index is 11.5. The average molecular weight is 218 g/mol. The van der Waals surface area contributed by atoms with E-state index in [-0.39, 0.29) is 17.4 Å². The number of hydrogen-bond donors (Lipinski definition) is 2. The van der Waals surface area contributed by atoms with Crippen molar-refractivity contribution in [3.8, 4) is 0 Å². The summed E-state index contributed by atoms with van der Waals surface area (Å²) in [4.78, 5) is 23.4. The van der Waals surface area contributed by atoms with Crippen LogP contribution in [0.5, 0.6) is 0 Å². The maximum absolute atomic E-state index is 11.5. The zero-order chi connectivity index (χ0) is 10.4. The van der Waals surface area contributed by atoms with Crippen LogP contribution < -0.4 is 5.32 Å². The Kier molecular flexibility index (Phi) is 4.75. The molecule has 0 saturated carbocycles. The summed E-state index contributed by atoms with van der Waals surface area (Å²) in [5, 5.41) is 11.5. The second kappa shape index (κ2) is 5.87. The fourth-order valence-corrected chi connectivity index (χ4v) is 1.87. The molecule has 1 saturated heterocycles. The van der Waals surface area contributed by atoms with Crippen LogP contribution in [-0.4, -0.2) is 59.6 Å². The molecule has 1 aliphatic heterocycles. The van der Waals surface area contributed by atoms with Gasteiger partial charge in [-0.05, 0) is 0 Å². The summed E-state index contributed by atoms with van der Waals surface area (Å²) < 4.78 is 0. The van der Waals surface area contributed by atoms with E-state index in [2.05, 4.69) is 5.32 Å². The minimum atomic E-state index is -0.872. The van der Waals surface area contributed by atoms with Crippen LogP contribution in [0.4, 0.5) is 0 Å². The summed E-state index contributed by atoms with van der Waals surface area (Å²) in [6.45, 7) is 3.11. The van der Waals surface area contributed by atoms with E-state index >= 15 is 0 Å². The number of nitrogens with zero attached hydrogens (tertiary/aromatic N) is 1. The van der Waals surface area contributed by atoms with Gasteiger partial charge in [0.2, 0.25) is 5.91 Å². The lowest BCUT2D eigenvalue weighted by Gasteiger charge is -2.27. The summed E-state index contributed by atoms with van der Waals surface area (Å²) >= 11 is 1.15. The smallest absolute Gasteiger partial charge is 0.313 e. The van der Waals surface area contributed by atoms with Gasteiger partial charge in [0.15, 0.2) is 0 Å². The highest BCUT2D eigenvalue weighted by molar-refractivity contribution is 8.00. The molecule has 80 valence electrons. The van der Waals surface area contributed by atoms with Gasteiger partial charge in [-0.1, -0.05) is 0 Å². The second-order valence-corrected chi connectivity index (χ2v) is 4.00. The predicted molar refractivity (Wildman–Crippen MR) is 54.4 cm³/mol. The Balaban J connectivity index is 2.16. The summed E-state index contributed by atoms with van der Waals surface area (Å²) in [5.41, 5.74) is 0. The van der Waals surface area contributed by atoms with E-state index < -0.39 is 5.97 Å². The number of carboxylic acids is 1. The molecule has 0 radical (unpaired) electrons. The molecule has 0 aromatic heterocycles. The molecule has 0 aromatic carbocycles. The van der Waals surface area contributed by atoms with Crippen molar-refractivity contribution in [3.63, 3.8) is 0 Å². The Morgan fingerprint density at radius 2 is 1.93 bits per heavy atom. The molecule has 0 spiro atoms. The lowest BCUT2D eigenvalue weighted by Crippen LogP contribution is -2.47. The van der Waals surface area contributed by atoms with Crippen LogP contribution in [0.2, 0.25) is 0 Å². The first-order valence-corrected chi connectivity index (χ1v) is 5.63. The molecule has 6 heteroatoms. The monoisotopic (exact) mass is 218 g/mol. The zero-order valence-corrected chi connectivity index (χ0v) is 8.68. The molecule has 14 heavy (non-hydrogen) atoms. The number of carboxylic acid groups (broad SMARTS) is 1. The van der Waals surface area contributed by atoms with E-state index in [0.717, 1.165) is 37.9 Å². The SMILES string of the molecule is O=C(O)CSCC(=O)N1CCNCC1. The highest BCUT2D eigenvalue weighted by Crippen LogP contribution is 2.03. The number of aliphatic carboxylic acids is 1. The van der Waals surface area contributed by atoms with Crippen LogP contribution in [0.3, 0.4) is 0 Å². The van der Waals surface area contributed by atoms with E-state index in [9.17, 15) is 9.59 Å². The van der Waals surface area contributed by atoms with E-state index in [1.54, 1.807) is 4.90 Å². The van der Waals surface area contributed by atoms with Crippen molar-refractivity contribution >= 4 is 23.6 Å². The van der Waals surface area contributed by atoms with Crippen molar-refractivity contribution in [2.24, 2.45) is 0 Å². The zero-order valence-electron chi connectivity index (χ0n) is 7.86. The van der Waals surface area contributed by atoms with Crippen LogP contribution >= 0.6 is 11.8 Å². The van der Waals surface area contributed by atoms with Crippen molar-refractivity contribution in [3.05, 3.63) is 0 Å². The van der Waals surface area contributed by atoms with Gasteiger partial charge in [0.25, 0.3) is 0 Å². The lowest BCUT2D eigenvalue weighted by atomic mass is 10.3. The molecule has 0 bridgehead atoms. The first-order chi connectivity index (χ1) is 6.70. The van der Waals surface area contributed by atoms with Crippen LogP contribution in [0.15, 0.2) is 0 Å². The van der Waals surface area contributed by atoms with Gasteiger partial charge < -0.3 is 15.3 Å². The number of carbonyl (C=O) groups is 2. The minimum absolute atomic E-state index is 0.00215. The molecule has 0 unspecified atom stereocenters. The molecule has 0 aliphatic carbocycles. The summed E-state index contributed by atoms with van der Waals surface area (Å²) in [7, 11) is 0. The molecule has 1 rings (SSSR count). The van der Waals surface area contributed by atoms with E-state index in [1.807, 2.05) is 0 Å². The number of carbonyl (C=O) groups excluding carboxylic acids is 1. The number of thioether (sulfide) groups is 1. The van der Waals surface area contributed by atoms with Gasteiger partial charge in [0, 0.05) is 26.2 Å². The van der Waals surface area contributed by atoms with E-state index in [0.29, 0.717) is 0 Å². The largest absolute Gasteiger partial charge is 0.481 e. The quantitative estimate of drug-likeness (QED) is 0.649. The summed E-state index contributed by atoms with van der Waals surface area (Å²) in [6, 6.07) is 0. The van der Waals surface area contributed by atoms with Crippen LogP contribution in [0.25, 0.3) is 0 Å². The number of nitrogens with one attached hydrogen (secondary N) is 1. The predicted octanol–water partition coefficient (Wildman–Crippen LogP) is -0.764. The standard InChI is InChI=1S/C8H14N2O3S/c11-7(5-14-6-8(12)13)10-3-1-9-2-4-10/h9H,1-6H2,(H,12,13). The molecule has 1 amide bonds. The molecule has 1 aliphatic rings. The minimum Gasteiger partial charge on any atom is -0.481 e. The topological polar surface area (TPSA) is 69.6 Å². The van der Waals surface area contributed by atoms with Gasteiger partial charge in [-0.2, -0.15) is 0 Å². The van der Waals surface area contributed by atoms with Crippen LogP contribution in [0.1, 0.15) is 0 Å². The Bertz CT molecular complexity index is 217. The molecule has 1 fully saturated rings. The Labute approximate surface area is 86.8 Å². The Hall–Kier alpha value is -0.750. The van der Waals surface area contributed by atoms with Crippen LogP contribution in [0, 0.1) is 0 Å². The molecule has 5 nitrogen and oxygen atoms in total. The first kappa shape index (κ1) is 11.3.